The zero-order chi connectivity index (χ0) is 27.0. The molecule has 2 heterocycles. The van der Waals surface area contributed by atoms with Crippen LogP contribution < -0.4 is 5.32 Å². The zero-order valence-corrected chi connectivity index (χ0v) is 22.3. The Morgan fingerprint density at radius 2 is 1.62 bits per heavy atom. The first-order valence-electron chi connectivity index (χ1n) is 11.7. The molecule has 2 atom stereocenters. The van der Waals surface area contributed by atoms with Crippen LogP contribution in [0.5, 0.6) is 0 Å². The van der Waals surface area contributed by atoms with Crippen molar-refractivity contribution in [2.75, 3.05) is 57.4 Å². The number of rotatable bonds is 5. The number of anilines is 1. The highest BCUT2D eigenvalue weighted by atomic mass is 35.5. The van der Waals surface area contributed by atoms with Crippen molar-refractivity contribution in [2.45, 2.75) is 12.1 Å². The molecule has 0 saturated carbocycles. The van der Waals surface area contributed by atoms with Crippen LogP contribution in [0, 0.1) is 5.92 Å². The number of hydrogen-bond donors (Lipinski definition) is 1. The van der Waals surface area contributed by atoms with Gasteiger partial charge in [0.25, 0.3) is 0 Å². The molecule has 0 bridgehead atoms. The minimum atomic E-state index is -4.41. The molecule has 202 valence electrons. The van der Waals surface area contributed by atoms with Gasteiger partial charge in [0.15, 0.2) is 0 Å². The largest absolute Gasteiger partial charge is 0.416 e. The van der Waals surface area contributed by atoms with Gasteiger partial charge in [0.1, 0.15) is 0 Å². The molecule has 0 unspecified atom stereocenters. The van der Waals surface area contributed by atoms with E-state index in [0.29, 0.717) is 48.5 Å². The monoisotopic (exact) mass is 578 g/mol. The molecule has 37 heavy (non-hydrogen) atoms. The predicted molar refractivity (Wildman–Crippen MR) is 138 cm³/mol. The second-order valence-electron chi connectivity index (χ2n) is 9.33. The molecular formula is C24H27Cl2F3N4O3S. The summed E-state index contributed by atoms with van der Waals surface area (Å²) in [5.74, 6) is -0.140. The fraction of sp³-hybridized carbons (Fsp3) is 0.458. The van der Waals surface area contributed by atoms with Crippen LogP contribution in [-0.2, 0) is 16.2 Å². The second kappa shape index (κ2) is 10.9. The number of urea groups is 1. The maximum Gasteiger partial charge on any atom is 0.416 e. The lowest BCUT2D eigenvalue weighted by molar-refractivity contribution is -0.137. The third kappa shape index (κ3) is 6.63. The number of carbonyl (C=O) groups excluding carboxylic acids is 1. The Morgan fingerprint density at radius 3 is 2.19 bits per heavy atom. The van der Waals surface area contributed by atoms with Crippen LogP contribution in [0.2, 0.25) is 10.0 Å². The molecule has 0 radical (unpaired) electrons. The first kappa shape index (κ1) is 27.8. The number of piperazine rings is 1. The quantitative estimate of drug-likeness (QED) is 0.551. The van der Waals surface area contributed by atoms with Gasteiger partial charge >= 0.3 is 12.2 Å². The third-order valence-corrected chi connectivity index (χ3v) is 8.88. The van der Waals surface area contributed by atoms with Gasteiger partial charge in [-0.1, -0.05) is 29.3 Å². The SMILES string of the molecule is CS(=O)(=O)N1CCN(C(=O)N2C[C@H](CNc3ccc(C(F)(F)F)cc3)[C@@H](c3ccc(Cl)c(Cl)c3)C2)CC1. The molecule has 2 aliphatic rings. The lowest BCUT2D eigenvalue weighted by Crippen LogP contribution is -2.53. The zero-order valence-electron chi connectivity index (χ0n) is 20.0. The van der Waals surface area contributed by atoms with Crippen LogP contribution in [0.3, 0.4) is 0 Å². The van der Waals surface area contributed by atoms with E-state index in [1.165, 1.54) is 16.4 Å². The summed E-state index contributed by atoms with van der Waals surface area (Å²) < 4.78 is 63.6. The van der Waals surface area contributed by atoms with E-state index < -0.39 is 21.8 Å². The number of sulfonamides is 1. The van der Waals surface area contributed by atoms with Gasteiger partial charge in [-0.15, -0.1) is 0 Å². The van der Waals surface area contributed by atoms with Crippen molar-refractivity contribution in [1.29, 1.82) is 0 Å². The van der Waals surface area contributed by atoms with Crippen molar-refractivity contribution in [1.82, 2.24) is 14.1 Å². The number of likely N-dealkylation sites (tertiary alicyclic amines) is 1. The summed E-state index contributed by atoms with van der Waals surface area (Å²) in [4.78, 5) is 16.7. The molecule has 2 aliphatic heterocycles. The number of benzene rings is 2. The number of alkyl halides is 3. The Labute approximate surface area is 224 Å². The Balaban J connectivity index is 1.47. The Hall–Kier alpha value is -2.21. The Morgan fingerprint density at radius 1 is 0.973 bits per heavy atom. The number of nitrogens with zero attached hydrogens (tertiary/aromatic N) is 3. The van der Waals surface area contributed by atoms with E-state index in [2.05, 4.69) is 5.32 Å². The van der Waals surface area contributed by atoms with E-state index in [4.69, 9.17) is 23.2 Å². The van der Waals surface area contributed by atoms with Gasteiger partial charge < -0.3 is 15.1 Å². The molecule has 0 spiro atoms. The van der Waals surface area contributed by atoms with E-state index in [0.717, 1.165) is 24.0 Å². The highest BCUT2D eigenvalue weighted by Crippen LogP contribution is 2.37. The summed E-state index contributed by atoms with van der Waals surface area (Å²) in [7, 11) is -3.31. The molecule has 2 aromatic carbocycles. The summed E-state index contributed by atoms with van der Waals surface area (Å²) in [5, 5.41) is 4.02. The van der Waals surface area contributed by atoms with E-state index in [9.17, 15) is 26.4 Å². The normalized spacial score (nSPS) is 21.4. The fourth-order valence-corrected chi connectivity index (χ4v) is 5.93. The molecule has 2 aromatic rings. The van der Waals surface area contributed by atoms with Crippen molar-refractivity contribution in [3.8, 4) is 0 Å². The first-order chi connectivity index (χ1) is 17.3. The summed E-state index contributed by atoms with van der Waals surface area (Å²) in [6, 6.07) is 10.00. The molecule has 0 aromatic heterocycles. The topological polar surface area (TPSA) is 73.0 Å². The molecule has 7 nitrogen and oxygen atoms in total. The standard InChI is InChI=1S/C24H27Cl2F3N4O3S/c1-37(35,36)33-10-8-31(9-11-33)23(34)32-14-17(20(15-32)16-2-7-21(25)22(26)12-16)13-30-19-5-3-18(4-6-19)24(27,28)29/h2-7,12,17,20,30H,8-11,13-15H2,1H3/t17-,20+/m0/s1. The van der Waals surface area contributed by atoms with Crippen LogP contribution >= 0.6 is 23.2 Å². The summed E-state index contributed by atoms with van der Waals surface area (Å²) >= 11 is 12.3. The third-order valence-electron chi connectivity index (χ3n) is 6.84. The van der Waals surface area contributed by atoms with E-state index >= 15 is 0 Å². The highest BCUT2D eigenvalue weighted by Gasteiger charge is 2.39. The lowest BCUT2D eigenvalue weighted by Gasteiger charge is -2.35. The minimum Gasteiger partial charge on any atom is -0.385 e. The van der Waals surface area contributed by atoms with Crippen molar-refractivity contribution in [2.24, 2.45) is 5.92 Å². The number of hydrogen-bond acceptors (Lipinski definition) is 4. The molecule has 1 N–H and O–H groups in total. The van der Waals surface area contributed by atoms with Gasteiger partial charge in [-0.3, -0.25) is 0 Å². The van der Waals surface area contributed by atoms with Crippen molar-refractivity contribution in [3.63, 3.8) is 0 Å². The van der Waals surface area contributed by atoms with Gasteiger partial charge in [0.2, 0.25) is 10.0 Å². The van der Waals surface area contributed by atoms with Gasteiger partial charge in [0, 0.05) is 63.3 Å². The maximum atomic E-state index is 13.3. The van der Waals surface area contributed by atoms with Crippen LogP contribution in [0.25, 0.3) is 0 Å². The maximum absolute atomic E-state index is 13.3. The lowest BCUT2D eigenvalue weighted by atomic mass is 9.89. The van der Waals surface area contributed by atoms with Crippen LogP contribution in [0.4, 0.5) is 23.7 Å². The summed E-state index contributed by atoms with van der Waals surface area (Å²) in [5.41, 5.74) is 0.730. The van der Waals surface area contributed by atoms with Crippen LogP contribution in [0.1, 0.15) is 17.0 Å². The Kier molecular flexibility index (Phi) is 8.18. The molecule has 2 fully saturated rings. The molecular weight excluding hydrogens is 552 g/mol. The molecule has 2 amide bonds. The first-order valence-corrected chi connectivity index (χ1v) is 14.3. The molecule has 13 heteroatoms. The van der Waals surface area contributed by atoms with Crippen molar-refractivity contribution in [3.05, 3.63) is 63.6 Å². The fourth-order valence-electron chi connectivity index (χ4n) is 4.79. The van der Waals surface area contributed by atoms with E-state index in [-0.39, 0.29) is 31.0 Å². The number of nitrogens with one attached hydrogen (secondary N) is 1. The van der Waals surface area contributed by atoms with Gasteiger partial charge in [0.05, 0.1) is 21.9 Å². The number of amides is 2. The van der Waals surface area contributed by atoms with Gasteiger partial charge in [-0.2, -0.15) is 17.5 Å². The van der Waals surface area contributed by atoms with E-state index in [1.807, 2.05) is 6.07 Å². The van der Waals surface area contributed by atoms with Gasteiger partial charge in [-0.05, 0) is 42.0 Å². The molecule has 2 saturated heterocycles. The molecule has 0 aliphatic carbocycles. The second-order valence-corrected chi connectivity index (χ2v) is 12.1. The molecule has 4 rings (SSSR count). The van der Waals surface area contributed by atoms with Crippen LogP contribution in [0.15, 0.2) is 42.5 Å². The Bertz CT molecular complexity index is 1240. The summed E-state index contributed by atoms with van der Waals surface area (Å²) in [6.45, 7) is 2.34. The highest BCUT2D eigenvalue weighted by molar-refractivity contribution is 7.88. The predicted octanol–water partition coefficient (Wildman–Crippen LogP) is 4.84. The number of carbonyl (C=O) groups is 1. The van der Waals surface area contributed by atoms with Crippen molar-refractivity contribution >= 4 is 44.9 Å². The average molecular weight is 579 g/mol. The minimum absolute atomic E-state index is 0.0548. The smallest absolute Gasteiger partial charge is 0.385 e. The van der Waals surface area contributed by atoms with Crippen LogP contribution in [-0.4, -0.2) is 80.6 Å². The van der Waals surface area contributed by atoms with E-state index in [1.54, 1.807) is 21.9 Å². The average Bonchev–Trinajstić information content (AvgIpc) is 3.27. The van der Waals surface area contributed by atoms with Gasteiger partial charge in [-0.25, -0.2) is 13.2 Å². The summed E-state index contributed by atoms with van der Waals surface area (Å²) in [6.07, 6.45) is -3.25. The van der Waals surface area contributed by atoms with Crippen molar-refractivity contribution < 1.29 is 26.4 Å². The number of halogens is 5.